The molecular formula is C17H15NO2. The quantitative estimate of drug-likeness (QED) is 0.785. The van der Waals surface area contributed by atoms with Crippen LogP contribution in [0.1, 0.15) is 11.1 Å². The van der Waals surface area contributed by atoms with Gasteiger partial charge in [0.05, 0.1) is 17.2 Å². The van der Waals surface area contributed by atoms with E-state index in [1.807, 2.05) is 43.3 Å². The Bertz CT molecular complexity index is 788. The van der Waals surface area contributed by atoms with Crippen molar-refractivity contribution in [3.63, 3.8) is 0 Å². The van der Waals surface area contributed by atoms with E-state index in [0.29, 0.717) is 23.1 Å². The molecule has 0 amide bonds. The number of rotatable bonds is 3. The van der Waals surface area contributed by atoms with Gasteiger partial charge in [-0.25, -0.2) is 0 Å². The van der Waals surface area contributed by atoms with Gasteiger partial charge < -0.3 is 9.73 Å². The minimum absolute atomic E-state index is 0.0199. The third-order valence-electron chi connectivity index (χ3n) is 3.29. The number of hydrogen-bond donors (Lipinski definition) is 1. The molecule has 0 radical (unpaired) electrons. The molecule has 3 nitrogen and oxygen atoms in total. The zero-order chi connectivity index (χ0) is 13.9. The van der Waals surface area contributed by atoms with Gasteiger partial charge in [0.25, 0.3) is 0 Å². The van der Waals surface area contributed by atoms with Crippen LogP contribution >= 0.6 is 0 Å². The van der Waals surface area contributed by atoms with Crippen LogP contribution in [0, 0.1) is 6.92 Å². The summed E-state index contributed by atoms with van der Waals surface area (Å²) in [6, 6.07) is 15.4. The van der Waals surface area contributed by atoms with E-state index in [-0.39, 0.29) is 5.43 Å². The number of fused-ring (bicyclic) bond motifs is 1. The van der Waals surface area contributed by atoms with E-state index < -0.39 is 0 Å². The number of benzene rings is 2. The highest BCUT2D eigenvalue weighted by molar-refractivity contribution is 5.76. The van der Waals surface area contributed by atoms with Gasteiger partial charge in [0.2, 0.25) is 0 Å². The molecule has 2 aromatic carbocycles. The van der Waals surface area contributed by atoms with Crippen LogP contribution in [0.4, 0.5) is 5.69 Å². The molecule has 3 rings (SSSR count). The van der Waals surface area contributed by atoms with E-state index in [2.05, 4.69) is 5.32 Å². The van der Waals surface area contributed by atoms with Gasteiger partial charge in [-0.3, -0.25) is 4.79 Å². The molecule has 0 unspecified atom stereocenters. The predicted molar refractivity (Wildman–Crippen MR) is 81.0 cm³/mol. The average Bonchev–Trinajstić information content (AvgIpc) is 2.49. The SMILES string of the molecule is Cc1ccc(NCc2coc3ccccc3c2=O)cc1. The van der Waals surface area contributed by atoms with Crippen molar-refractivity contribution in [3.8, 4) is 0 Å². The van der Waals surface area contributed by atoms with Crippen LogP contribution in [0.25, 0.3) is 11.0 Å². The Hall–Kier alpha value is -2.55. The summed E-state index contributed by atoms with van der Waals surface area (Å²) in [5.41, 5.74) is 3.47. The summed E-state index contributed by atoms with van der Waals surface area (Å²) in [4.78, 5) is 12.3. The van der Waals surface area contributed by atoms with Gasteiger partial charge >= 0.3 is 0 Å². The van der Waals surface area contributed by atoms with Crippen LogP contribution in [-0.2, 0) is 6.54 Å². The van der Waals surface area contributed by atoms with Crippen LogP contribution in [0.2, 0.25) is 0 Å². The van der Waals surface area contributed by atoms with Gasteiger partial charge in [-0.1, -0.05) is 29.8 Å². The number of hydrogen-bond acceptors (Lipinski definition) is 3. The largest absolute Gasteiger partial charge is 0.464 e. The fourth-order valence-electron chi connectivity index (χ4n) is 2.11. The van der Waals surface area contributed by atoms with Crippen LogP contribution in [0.5, 0.6) is 0 Å². The Labute approximate surface area is 116 Å². The van der Waals surface area contributed by atoms with E-state index in [1.165, 1.54) is 11.8 Å². The third-order valence-corrected chi connectivity index (χ3v) is 3.29. The Morgan fingerprint density at radius 3 is 2.60 bits per heavy atom. The molecular weight excluding hydrogens is 250 g/mol. The number of anilines is 1. The molecule has 0 spiro atoms. The first kappa shape index (κ1) is 12.5. The summed E-state index contributed by atoms with van der Waals surface area (Å²) in [5, 5.41) is 3.85. The van der Waals surface area contributed by atoms with E-state index in [1.54, 1.807) is 12.1 Å². The second-order valence-electron chi connectivity index (χ2n) is 4.81. The van der Waals surface area contributed by atoms with Crippen molar-refractivity contribution < 1.29 is 4.42 Å². The molecule has 1 heterocycles. The standard InChI is InChI=1S/C17H15NO2/c1-12-6-8-14(9-7-12)18-10-13-11-20-16-5-3-2-4-15(16)17(13)19/h2-9,11,18H,10H2,1H3. The predicted octanol–water partition coefficient (Wildman–Crippen LogP) is 3.71. The lowest BCUT2D eigenvalue weighted by Gasteiger charge is -2.06. The summed E-state index contributed by atoms with van der Waals surface area (Å²) in [5.74, 6) is 0. The van der Waals surface area contributed by atoms with Gasteiger partial charge in [-0.15, -0.1) is 0 Å². The fraction of sp³-hybridized carbons (Fsp3) is 0.118. The Kier molecular flexibility index (Phi) is 3.25. The van der Waals surface area contributed by atoms with Gasteiger partial charge in [0, 0.05) is 12.2 Å². The molecule has 0 atom stereocenters. The van der Waals surface area contributed by atoms with E-state index in [4.69, 9.17) is 4.42 Å². The first-order chi connectivity index (χ1) is 9.74. The summed E-state index contributed by atoms with van der Waals surface area (Å²) in [6.07, 6.45) is 1.53. The summed E-state index contributed by atoms with van der Waals surface area (Å²) >= 11 is 0. The molecule has 3 aromatic rings. The molecule has 0 fully saturated rings. The van der Waals surface area contributed by atoms with Gasteiger partial charge in [-0.2, -0.15) is 0 Å². The summed E-state index contributed by atoms with van der Waals surface area (Å²) in [7, 11) is 0. The Morgan fingerprint density at radius 1 is 1.05 bits per heavy atom. The fourth-order valence-corrected chi connectivity index (χ4v) is 2.11. The highest BCUT2D eigenvalue weighted by atomic mass is 16.3. The van der Waals surface area contributed by atoms with Crippen molar-refractivity contribution in [2.75, 3.05) is 5.32 Å². The lowest BCUT2D eigenvalue weighted by Crippen LogP contribution is -2.12. The van der Waals surface area contributed by atoms with Crippen LogP contribution < -0.4 is 10.7 Å². The minimum atomic E-state index is 0.0199. The zero-order valence-electron chi connectivity index (χ0n) is 11.2. The monoisotopic (exact) mass is 265 g/mol. The maximum absolute atomic E-state index is 12.3. The second-order valence-corrected chi connectivity index (χ2v) is 4.81. The first-order valence-corrected chi connectivity index (χ1v) is 6.54. The van der Waals surface area contributed by atoms with E-state index in [0.717, 1.165) is 5.69 Å². The molecule has 0 aliphatic rings. The highest BCUT2D eigenvalue weighted by Gasteiger charge is 2.06. The summed E-state index contributed by atoms with van der Waals surface area (Å²) < 4.78 is 5.49. The maximum atomic E-state index is 12.3. The Balaban J connectivity index is 1.86. The number of para-hydroxylation sites is 1. The molecule has 1 N–H and O–H groups in total. The van der Waals surface area contributed by atoms with Crippen molar-refractivity contribution in [2.24, 2.45) is 0 Å². The maximum Gasteiger partial charge on any atom is 0.197 e. The molecule has 0 aliphatic carbocycles. The van der Waals surface area contributed by atoms with Crippen molar-refractivity contribution in [3.05, 3.63) is 76.1 Å². The second kappa shape index (κ2) is 5.21. The normalized spacial score (nSPS) is 10.7. The molecule has 1 aromatic heterocycles. The van der Waals surface area contributed by atoms with Gasteiger partial charge in [0.15, 0.2) is 5.43 Å². The molecule has 0 saturated carbocycles. The van der Waals surface area contributed by atoms with Crippen molar-refractivity contribution in [2.45, 2.75) is 13.5 Å². The third kappa shape index (κ3) is 2.43. The lowest BCUT2D eigenvalue weighted by atomic mass is 10.1. The minimum Gasteiger partial charge on any atom is -0.464 e. The van der Waals surface area contributed by atoms with Crippen molar-refractivity contribution in [1.82, 2.24) is 0 Å². The molecule has 0 aliphatic heterocycles. The zero-order valence-corrected chi connectivity index (χ0v) is 11.2. The smallest absolute Gasteiger partial charge is 0.197 e. The number of aryl methyl sites for hydroxylation is 1. The summed E-state index contributed by atoms with van der Waals surface area (Å²) in [6.45, 7) is 2.50. The number of nitrogens with one attached hydrogen (secondary N) is 1. The van der Waals surface area contributed by atoms with Crippen molar-refractivity contribution >= 4 is 16.7 Å². The molecule has 100 valence electrons. The van der Waals surface area contributed by atoms with Gasteiger partial charge in [-0.05, 0) is 31.2 Å². The average molecular weight is 265 g/mol. The van der Waals surface area contributed by atoms with E-state index >= 15 is 0 Å². The molecule has 0 bridgehead atoms. The molecule has 3 heteroatoms. The lowest BCUT2D eigenvalue weighted by molar-refractivity contribution is 0.594. The topological polar surface area (TPSA) is 42.2 Å². The van der Waals surface area contributed by atoms with Crippen LogP contribution in [-0.4, -0.2) is 0 Å². The Morgan fingerprint density at radius 2 is 1.80 bits per heavy atom. The van der Waals surface area contributed by atoms with Crippen molar-refractivity contribution in [1.29, 1.82) is 0 Å². The van der Waals surface area contributed by atoms with E-state index in [9.17, 15) is 4.79 Å². The highest BCUT2D eigenvalue weighted by Crippen LogP contribution is 2.13. The first-order valence-electron chi connectivity index (χ1n) is 6.54. The molecule has 0 saturated heterocycles. The van der Waals surface area contributed by atoms with Gasteiger partial charge in [0.1, 0.15) is 5.58 Å². The van der Waals surface area contributed by atoms with Crippen LogP contribution in [0.15, 0.2) is 64.0 Å². The van der Waals surface area contributed by atoms with Crippen LogP contribution in [0.3, 0.4) is 0 Å². The molecule has 20 heavy (non-hydrogen) atoms.